The van der Waals surface area contributed by atoms with Crippen LogP contribution in [0.4, 0.5) is 15.9 Å². The summed E-state index contributed by atoms with van der Waals surface area (Å²) in [5.41, 5.74) is 0.735. The molecule has 0 bridgehead atoms. The second-order valence-corrected chi connectivity index (χ2v) is 7.36. The number of urea groups is 1. The number of piperazine rings is 1. The van der Waals surface area contributed by atoms with E-state index in [9.17, 15) is 4.79 Å². The van der Waals surface area contributed by atoms with Crippen molar-refractivity contribution in [3.8, 4) is 10.7 Å². The van der Waals surface area contributed by atoms with E-state index in [-0.39, 0.29) is 6.03 Å². The van der Waals surface area contributed by atoms with Gasteiger partial charge in [0, 0.05) is 57.9 Å². The molecule has 0 unspecified atom stereocenters. The van der Waals surface area contributed by atoms with Crippen LogP contribution >= 0.6 is 11.3 Å². The Morgan fingerprint density at radius 2 is 1.79 bits per heavy atom. The first-order valence-corrected chi connectivity index (χ1v) is 10.1. The van der Waals surface area contributed by atoms with Crippen molar-refractivity contribution in [3.05, 3.63) is 42.9 Å². The highest BCUT2D eigenvalue weighted by atomic mass is 32.1. The number of amides is 2. The van der Waals surface area contributed by atoms with Gasteiger partial charge in [0.1, 0.15) is 5.69 Å². The van der Waals surface area contributed by atoms with Crippen molar-refractivity contribution in [2.45, 2.75) is 0 Å². The molecule has 3 aromatic rings. The molecule has 2 amide bonds. The highest BCUT2D eigenvalue weighted by Gasteiger charge is 2.18. The topological polar surface area (TPSA) is 112 Å². The minimum absolute atomic E-state index is 0.287. The molecule has 0 spiro atoms. The van der Waals surface area contributed by atoms with Crippen LogP contribution < -0.4 is 15.5 Å². The predicted molar refractivity (Wildman–Crippen MR) is 111 cm³/mol. The van der Waals surface area contributed by atoms with Gasteiger partial charge in [-0.25, -0.2) is 14.8 Å². The van der Waals surface area contributed by atoms with Crippen LogP contribution in [0, 0.1) is 0 Å². The van der Waals surface area contributed by atoms with Crippen molar-refractivity contribution in [1.82, 2.24) is 35.4 Å². The van der Waals surface area contributed by atoms with E-state index in [2.05, 4.69) is 45.6 Å². The Labute approximate surface area is 172 Å². The zero-order valence-corrected chi connectivity index (χ0v) is 16.5. The molecule has 1 aliphatic rings. The maximum atomic E-state index is 12.1. The van der Waals surface area contributed by atoms with Gasteiger partial charge in [0.2, 0.25) is 11.1 Å². The number of hydrogen-bond donors (Lipinski definition) is 2. The lowest BCUT2D eigenvalue weighted by Crippen LogP contribution is -2.49. The van der Waals surface area contributed by atoms with E-state index < -0.39 is 0 Å². The summed E-state index contributed by atoms with van der Waals surface area (Å²) in [5.74, 6) is 0.770. The molecule has 1 saturated heterocycles. The van der Waals surface area contributed by atoms with Crippen molar-refractivity contribution in [2.24, 2.45) is 0 Å². The molecule has 3 aromatic heterocycles. The monoisotopic (exact) mass is 411 g/mol. The predicted octanol–water partition coefficient (Wildman–Crippen LogP) is 1.33. The summed E-state index contributed by atoms with van der Waals surface area (Å²) in [7, 11) is 0. The highest BCUT2D eigenvalue weighted by molar-refractivity contribution is 7.18. The van der Waals surface area contributed by atoms with Gasteiger partial charge in [-0.1, -0.05) is 17.4 Å². The van der Waals surface area contributed by atoms with Gasteiger partial charge < -0.3 is 10.2 Å². The van der Waals surface area contributed by atoms with Crippen LogP contribution in [0.2, 0.25) is 0 Å². The average molecular weight is 411 g/mol. The Morgan fingerprint density at radius 3 is 2.55 bits per heavy atom. The van der Waals surface area contributed by atoms with E-state index >= 15 is 0 Å². The first kappa shape index (κ1) is 19.2. The van der Waals surface area contributed by atoms with Crippen LogP contribution in [-0.4, -0.2) is 75.3 Å². The molecule has 0 aromatic carbocycles. The maximum Gasteiger partial charge on any atom is 0.321 e. The largest absolute Gasteiger partial charge is 0.338 e. The Kier molecular flexibility index (Phi) is 6.17. The first-order chi connectivity index (χ1) is 14.3. The third-order valence-electron chi connectivity index (χ3n) is 4.45. The number of anilines is 2. The number of carbonyl (C=O) groups excluding carboxylic acids is 1. The Hall–Kier alpha value is -3.18. The van der Waals surface area contributed by atoms with Gasteiger partial charge in [-0.2, -0.15) is 0 Å². The van der Waals surface area contributed by atoms with Crippen LogP contribution in [0.5, 0.6) is 0 Å². The Balaban J connectivity index is 1.17. The maximum absolute atomic E-state index is 12.1. The summed E-state index contributed by atoms with van der Waals surface area (Å²) in [4.78, 5) is 29.4. The van der Waals surface area contributed by atoms with E-state index in [1.54, 1.807) is 18.6 Å². The second-order valence-electron chi connectivity index (χ2n) is 6.39. The van der Waals surface area contributed by atoms with E-state index in [0.717, 1.165) is 44.4 Å². The number of carbonyl (C=O) groups is 1. The van der Waals surface area contributed by atoms with Gasteiger partial charge >= 0.3 is 6.03 Å². The van der Waals surface area contributed by atoms with Gasteiger partial charge in [-0.05, 0) is 18.2 Å². The summed E-state index contributed by atoms with van der Waals surface area (Å²) < 4.78 is 0. The molecule has 1 aliphatic heterocycles. The summed E-state index contributed by atoms with van der Waals surface area (Å²) >= 11 is 1.29. The zero-order chi connectivity index (χ0) is 19.9. The minimum atomic E-state index is -0.287. The lowest BCUT2D eigenvalue weighted by Gasteiger charge is -2.34. The Morgan fingerprint density at radius 1 is 1.00 bits per heavy atom. The molecule has 4 heterocycles. The quantitative estimate of drug-likeness (QED) is 0.625. The van der Waals surface area contributed by atoms with E-state index in [1.165, 1.54) is 11.3 Å². The first-order valence-electron chi connectivity index (χ1n) is 9.32. The van der Waals surface area contributed by atoms with Gasteiger partial charge in [0.15, 0.2) is 5.01 Å². The molecule has 1 fully saturated rings. The summed E-state index contributed by atoms with van der Waals surface area (Å²) in [6, 6.07) is 7.11. The fourth-order valence-electron chi connectivity index (χ4n) is 2.96. The molecule has 2 N–H and O–H groups in total. The summed E-state index contributed by atoms with van der Waals surface area (Å²) in [5, 5.41) is 14.8. The van der Waals surface area contributed by atoms with Crippen LogP contribution in [-0.2, 0) is 0 Å². The van der Waals surface area contributed by atoms with Gasteiger partial charge in [-0.15, -0.1) is 10.2 Å². The van der Waals surface area contributed by atoms with Gasteiger partial charge in [0.05, 0.1) is 0 Å². The molecule has 11 heteroatoms. The highest BCUT2D eigenvalue weighted by Crippen LogP contribution is 2.24. The van der Waals surface area contributed by atoms with Crippen LogP contribution in [0.15, 0.2) is 42.9 Å². The number of nitrogens with one attached hydrogen (secondary N) is 2. The van der Waals surface area contributed by atoms with E-state index in [4.69, 9.17) is 0 Å². The van der Waals surface area contributed by atoms with Crippen LogP contribution in [0.1, 0.15) is 0 Å². The fraction of sp³-hybridized carbons (Fsp3) is 0.333. The third-order valence-corrected chi connectivity index (χ3v) is 5.31. The molecule has 0 saturated carbocycles. The van der Waals surface area contributed by atoms with Crippen LogP contribution in [0.3, 0.4) is 0 Å². The molecule has 29 heavy (non-hydrogen) atoms. The van der Waals surface area contributed by atoms with Gasteiger partial charge in [0.25, 0.3) is 0 Å². The summed E-state index contributed by atoms with van der Waals surface area (Å²) in [6.45, 7) is 4.90. The standard InChI is InChI=1S/C18H21N9OS/c28-17(23-18-25-24-15(29-18)14-4-1-2-5-19-14)22-8-9-26-10-12-27(13-11-26)16-20-6-3-7-21-16/h1-7H,8-13H2,(H2,22,23,25,28). The Bertz CT molecular complexity index is 913. The number of nitrogens with zero attached hydrogens (tertiary/aromatic N) is 7. The van der Waals surface area contributed by atoms with Crippen molar-refractivity contribution < 1.29 is 4.79 Å². The minimum Gasteiger partial charge on any atom is -0.338 e. The molecule has 0 radical (unpaired) electrons. The zero-order valence-electron chi connectivity index (χ0n) is 15.7. The molecular weight excluding hydrogens is 390 g/mol. The van der Waals surface area contributed by atoms with Crippen LogP contribution in [0.25, 0.3) is 10.7 Å². The molecular formula is C18H21N9OS. The normalized spacial score (nSPS) is 14.6. The fourth-order valence-corrected chi connectivity index (χ4v) is 3.68. The van der Waals surface area contributed by atoms with Crippen molar-refractivity contribution in [2.75, 3.05) is 49.5 Å². The SMILES string of the molecule is O=C(NCCN1CCN(c2ncccn2)CC1)Nc1nnc(-c2ccccn2)s1. The number of hydrogen-bond acceptors (Lipinski definition) is 9. The third kappa shape index (κ3) is 5.21. The molecule has 150 valence electrons. The number of pyridine rings is 1. The van der Waals surface area contributed by atoms with Gasteiger partial charge in [-0.3, -0.25) is 15.2 Å². The van der Waals surface area contributed by atoms with Crippen molar-refractivity contribution in [1.29, 1.82) is 0 Å². The number of aromatic nitrogens is 5. The van der Waals surface area contributed by atoms with Crippen molar-refractivity contribution >= 4 is 28.4 Å². The molecule has 0 aliphatic carbocycles. The summed E-state index contributed by atoms with van der Waals surface area (Å²) in [6.07, 6.45) is 5.21. The van der Waals surface area contributed by atoms with E-state index in [1.807, 2.05) is 24.3 Å². The lowest BCUT2D eigenvalue weighted by molar-refractivity contribution is 0.240. The second kappa shape index (κ2) is 9.34. The van der Waals surface area contributed by atoms with E-state index in [0.29, 0.717) is 16.7 Å². The lowest BCUT2D eigenvalue weighted by atomic mass is 10.3. The smallest absolute Gasteiger partial charge is 0.321 e. The average Bonchev–Trinajstić information content (AvgIpc) is 3.24. The van der Waals surface area contributed by atoms with Crippen molar-refractivity contribution in [3.63, 3.8) is 0 Å². The molecule has 0 atom stereocenters. The number of rotatable bonds is 6. The molecule has 10 nitrogen and oxygen atoms in total. The molecule has 4 rings (SSSR count).